The molecule has 5 heterocycles. The fraction of sp³-hybridized carbons (Fsp3) is 0.500. The van der Waals surface area contributed by atoms with E-state index in [-0.39, 0.29) is 29.6 Å². The van der Waals surface area contributed by atoms with Crippen molar-refractivity contribution in [3.05, 3.63) is 57.2 Å². The van der Waals surface area contributed by atoms with E-state index in [1.165, 1.54) is 0 Å². The summed E-state index contributed by atoms with van der Waals surface area (Å²) in [6.07, 6.45) is 5.25. The maximum Gasteiger partial charge on any atom is 0.236 e. The van der Waals surface area contributed by atoms with E-state index >= 15 is 0 Å². The number of aromatic nitrogens is 1. The molecular formula is C30H34ClN5O3. The Kier molecular flexibility index (Phi) is 6.29. The van der Waals surface area contributed by atoms with E-state index in [1.54, 1.807) is 6.20 Å². The number of anilines is 1. The smallest absolute Gasteiger partial charge is 0.236 e. The van der Waals surface area contributed by atoms with Gasteiger partial charge in [0.1, 0.15) is 5.82 Å². The highest BCUT2D eigenvalue weighted by molar-refractivity contribution is 6.32. The summed E-state index contributed by atoms with van der Waals surface area (Å²) in [5.41, 5.74) is 4.36. The second kappa shape index (κ2) is 9.44. The zero-order valence-corrected chi connectivity index (χ0v) is 23.5. The first-order valence-corrected chi connectivity index (χ1v) is 14.1. The second-order valence-electron chi connectivity index (χ2n) is 12.5. The summed E-state index contributed by atoms with van der Waals surface area (Å²) in [4.78, 5) is 52.9. The molecule has 0 aliphatic carbocycles. The first-order chi connectivity index (χ1) is 18.6. The Balaban J connectivity index is 1.23. The molecule has 204 valence electrons. The summed E-state index contributed by atoms with van der Waals surface area (Å²) in [7, 11) is 0. The summed E-state index contributed by atoms with van der Waals surface area (Å²) < 4.78 is 0. The number of benzene rings is 1. The van der Waals surface area contributed by atoms with Crippen molar-refractivity contribution >= 4 is 41.4 Å². The fourth-order valence-electron chi connectivity index (χ4n) is 6.68. The minimum absolute atomic E-state index is 0.0120. The van der Waals surface area contributed by atoms with Crippen LogP contribution in [-0.2, 0) is 39.3 Å². The van der Waals surface area contributed by atoms with Gasteiger partial charge in [0.15, 0.2) is 0 Å². The van der Waals surface area contributed by atoms with Crippen molar-refractivity contribution in [1.82, 2.24) is 14.8 Å². The van der Waals surface area contributed by atoms with E-state index in [2.05, 4.69) is 36.1 Å². The average Bonchev–Trinajstić information content (AvgIpc) is 3.45. The Morgan fingerprint density at radius 3 is 2.72 bits per heavy atom. The number of fused-ring (bicyclic) bond motifs is 5. The van der Waals surface area contributed by atoms with Gasteiger partial charge in [0.25, 0.3) is 0 Å². The van der Waals surface area contributed by atoms with Gasteiger partial charge in [-0.1, -0.05) is 38.4 Å². The number of amides is 3. The standard InChI is InChI=1S/C30H34ClN5O3/c1-29(2,3)17-36-16-22-18(12-24(31)21-15-32-14-20(21)22)11-19(27(36)38)13-25(37)35-9-6-30(7-10-35)23-5-4-8-33-26(23)34-28(30)39/h4-5,8,12,14,19H,6-7,9-11,13,15-17H2,1-3H3,(H,33,34,39)/t19-/m0/s1. The van der Waals surface area contributed by atoms with E-state index in [4.69, 9.17) is 11.6 Å². The molecule has 1 saturated heterocycles. The molecule has 0 bridgehead atoms. The van der Waals surface area contributed by atoms with Gasteiger partial charge in [-0.05, 0) is 47.9 Å². The lowest BCUT2D eigenvalue weighted by Crippen LogP contribution is -2.49. The monoisotopic (exact) mass is 547 g/mol. The highest BCUT2D eigenvalue weighted by atomic mass is 35.5. The molecule has 2 aromatic rings. The molecule has 1 fully saturated rings. The topological polar surface area (TPSA) is 95.0 Å². The van der Waals surface area contributed by atoms with Crippen LogP contribution >= 0.6 is 11.6 Å². The lowest BCUT2D eigenvalue weighted by atomic mass is 9.74. The third kappa shape index (κ3) is 4.52. The molecule has 0 unspecified atom stereocenters. The number of carbonyl (C=O) groups is 3. The van der Waals surface area contributed by atoms with Crippen LogP contribution in [0.4, 0.5) is 5.82 Å². The molecule has 4 aliphatic heterocycles. The summed E-state index contributed by atoms with van der Waals surface area (Å²) in [6.45, 7) is 8.96. The number of aliphatic imine (C=N–C) groups is 1. The summed E-state index contributed by atoms with van der Waals surface area (Å²) in [5, 5.41) is 3.59. The van der Waals surface area contributed by atoms with Gasteiger partial charge in [-0.3, -0.25) is 19.4 Å². The number of nitrogens with zero attached hydrogens (tertiary/aromatic N) is 4. The number of pyridine rings is 1. The molecular weight excluding hydrogens is 514 g/mol. The summed E-state index contributed by atoms with van der Waals surface area (Å²) >= 11 is 6.63. The van der Waals surface area contributed by atoms with Gasteiger partial charge in [0, 0.05) is 66.7 Å². The molecule has 4 aliphatic rings. The molecule has 6 rings (SSSR count). The third-order valence-electron chi connectivity index (χ3n) is 8.62. The molecule has 8 nitrogen and oxygen atoms in total. The highest BCUT2D eigenvalue weighted by Gasteiger charge is 2.49. The van der Waals surface area contributed by atoms with Crippen molar-refractivity contribution < 1.29 is 14.4 Å². The number of carbonyl (C=O) groups excluding carboxylic acids is 3. The SMILES string of the molecule is CC(C)(C)CN1Cc2c(cc(Cl)c3c2C=NC3)C[C@@H](CC(=O)N2CCC3(CC2)C(=O)Nc2ncccc23)C1=O. The summed E-state index contributed by atoms with van der Waals surface area (Å²) in [6, 6.07) is 5.78. The van der Waals surface area contributed by atoms with Crippen LogP contribution in [0.15, 0.2) is 29.4 Å². The lowest BCUT2D eigenvalue weighted by Gasteiger charge is -2.38. The minimum atomic E-state index is -0.639. The van der Waals surface area contributed by atoms with Gasteiger partial charge in [-0.25, -0.2) is 4.98 Å². The van der Waals surface area contributed by atoms with Crippen molar-refractivity contribution in [3.8, 4) is 0 Å². The predicted molar refractivity (Wildman–Crippen MR) is 150 cm³/mol. The number of hydrogen-bond donors (Lipinski definition) is 1. The van der Waals surface area contributed by atoms with E-state index in [0.29, 0.717) is 62.8 Å². The predicted octanol–water partition coefficient (Wildman–Crippen LogP) is 4.12. The summed E-state index contributed by atoms with van der Waals surface area (Å²) in [5.74, 6) is 0.0897. The Labute approximate surface area is 233 Å². The maximum atomic E-state index is 13.9. The van der Waals surface area contributed by atoms with Gasteiger partial charge in [0.05, 0.1) is 17.9 Å². The second-order valence-corrected chi connectivity index (χ2v) is 12.9. The maximum absolute atomic E-state index is 13.9. The Hall–Kier alpha value is -3.26. The zero-order chi connectivity index (χ0) is 27.5. The van der Waals surface area contributed by atoms with E-state index < -0.39 is 11.3 Å². The van der Waals surface area contributed by atoms with Crippen molar-refractivity contribution in [2.24, 2.45) is 16.3 Å². The third-order valence-corrected chi connectivity index (χ3v) is 8.96. The van der Waals surface area contributed by atoms with Crippen LogP contribution in [-0.4, -0.2) is 58.4 Å². The molecule has 9 heteroatoms. The van der Waals surface area contributed by atoms with Crippen LogP contribution in [0.3, 0.4) is 0 Å². The van der Waals surface area contributed by atoms with Crippen molar-refractivity contribution in [3.63, 3.8) is 0 Å². The molecule has 1 aromatic carbocycles. The first kappa shape index (κ1) is 26.0. The van der Waals surface area contributed by atoms with Crippen LogP contribution in [0.2, 0.25) is 5.02 Å². The number of rotatable bonds is 3. The Morgan fingerprint density at radius 2 is 1.97 bits per heavy atom. The quantitative estimate of drug-likeness (QED) is 0.625. The van der Waals surface area contributed by atoms with Crippen molar-refractivity contribution in [2.75, 3.05) is 25.0 Å². The molecule has 3 amide bonds. The normalized spacial score (nSPS) is 21.5. The number of likely N-dealkylation sites (tertiary alicyclic amines) is 1. The average molecular weight is 548 g/mol. The van der Waals surface area contributed by atoms with Crippen molar-refractivity contribution in [1.29, 1.82) is 0 Å². The first-order valence-electron chi connectivity index (χ1n) is 13.7. The molecule has 39 heavy (non-hydrogen) atoms. The molecule has 0 saturated carbocycles. The number of halogens is 1. The van der Waals surface area contributed by atoms with Crippen molar-refractivity contribution in [2.45, 2.75) is 65.0 Å². The van der Waals surface area contributed by atoms with Gasteiger partial charge < -0.3 is 15.1 Å². The van der Waals surface area contributed by atoms with Crippen LogP contribution in [0.25, 0.3) is 0 Å². The van der Waals surface area contributed by atoms with Gasteiger partial charge >= 0.3 is 0 Å². The van der Waals surface area contributed by atoms with E-state index in [9.17, 15) is 14.4 Å². The van der Waals surface area contributed by atoms with Gasteiger partial charge in [-0.15, -0.1) is 0 Å². The van der Waals surface area contributed by atoms with Crippen LogP contribution in [0.1, 0.15) is 67.9 Å². The van der Waals surface area contributed by atoms with Crippen LogP contribution < -0.4 is 5.32 Å². The van der Waals surface area contributed by atoms with Crippen LogP contribution in [0.5, 0.6) is 0 Å². The zero-order valence-electron chi connectivity index (χ0n) is 22.7. The van der Waals surface area contributed by atoms with Gasteiger partial charge in [0.2, 0.25) is 17.7 Å². The lowest BCUT2D eigenvalue weighted by molar-refractivity contribution is -0.143. The molecule has 1 N–H and O–H groups in total. The number of nitrogens with one attached hydrogen (secondary N) is 1. The van der Waals surface area contributed by atoms with Crippen LogP contribution in [0, 0.1) is 11.3 Å². The molecule has 1 spiro atoms. The van der Waals surface area contributed by atoms with E-state index in [1.807, 2.05) is 34.2 Å². The molecule has 0 radical (unpaired) electrons. The molecule has 1 atom stereocenters. The highest BCUT2D eigenvalue weighted by Crippen LogP contribution is 2.44. The Morgan fingerprint density at radius 1 is 1.21 bits per heavy atom. The van der Waals surface area contributed by atoms with Gasteiger partial charge in [-0.2, -0.15) is 0 Å². The minimum Gasteiger partial charge on any atom is -0.343 e. The number of hydrogen-bond acceptors (Lipinski definition) is 5. The molecule has 1 aromatic heterocycles. The Bertz CT molecular complexity index is 1400. The largest absolute Gasteiger partial charge is 0.343 e. The van der Waals surface area contributed by atoms with E-state index in [0.717, 1.165) is 27.8 Å². The fourth-order valence-corrected chi connectivity index (χ4v) is 6.98. The number of piperidine rings is 1.